The molecule has 0 aromatic heterocycles. The van der Waals surface area contributed by atoms with Crippen LogP contribution in [0.15, 0.2) is 10.6 Å². The summed E-state index contributed by atoms with van der Waals surface area (Å²) in [5, 5.41) is 21.7. The summed E-state index contributed by atoms with van der Waals surface area (Å²) in [6.07, 6.45) is 3.33. The fraction of sp³-hybridized carbons (Fsp3) is 0.643. The summed E-state index contributed by atoms with van der Waals surface area (Å²) in [5.41, 5.74) is -0.209. The Morgan fingerprint density at radius 3 is 2.58 bits per heavy atom. The number of nitrogens with one attached hydrogen (secondary N) is 1. The molecule has 1 unspecified atom stereocenters. The van der Waals surface area contributed by atoms with Gasteiger partial charge in [0.15, 0.2) is 0 Å². The second-order valence-corrected chi connectivity index (χ2v) is 6.25. The van der Waals surface area contributed by atoms with Crippen molar-refractivity contribution in [1.29, 1.82) is 10.5 Å². The van der Waals surface area contributed by atoms with Crippen molar-refractivity contribution >= 4 is 17.7 Å². The Hall–Kier alpha value is -1.46. The van der Waals surface area contributed by atoms with Gasteiger partial charge in [0.25, 0.3) is 0 Å². The Labute approximate surface area is 118 Å². The molecule has 1 atom stereocenters. The van der Waals surface area contributed by atoms with E-state index in [9.17, 15) is 10.1 Å². The van der Waals surface area contributed by atoms with E-state index >= 15 is 0 Å². The molecule has 1 aliphatic heterocycles. The van der Waals surface area contributed by atoms with E-state index in [0.29, 0.717) is 10.6 Å². The Bertz CT molecular complexity index is 468. The third-order valence-electron chi connectivity index (χ3n) is 3.33. The number of nitrogens with zero attached hydrogens (tertiary/aromatic N) is 2. The van der Waals surface area contributed by atoms with Crippen molar-refractivity contribution in [2.75, 3.05) is 5.75 Å². The molecule has 0 spiro atoms. The fourth-order valence-electron chi connectivity index (χ4n) is 2.06. The first kappa shape index (κ1) is 15.6. The van der Waals surface area contributed by atoms with Gasteiger partial charge in [0.1, 0.15) is 5.92 Å². The predicted octanol–water partition coefficient (Wildman–Crippen LogP) is 2.94. The first-order chi connectivity index (χ1) is 8.98. The first-order valence-electron chi connectivity index (χ1n) is 6.47. The lowest BCUT2D eigenvalue weighted by molar-refractivity contribution is -0.125. The molecule has 1 amide bonds. The molecular formula is C14H19N3OS. The van der Waals surface area contributed by atoms with Gasteiger partial charge < -0.3 is 5.32 Å². The maximum Gasteiger partial charge on any atom is 0.243 e. The van der Waals surface area contributed by atoms with E-state index in [0.717, 1.165) is 25.0 Å². The van der Waals surface area contributed by atoms with Gasteiger partial charge in [-0.25, -0.2) is 0 Å². The molecule has 19 heavy (non-hydrogen) atoms. The number of rotatable bonds is 5. The summed E-state index contributed by atoms with van der Waals surface area (Å²) >= 11 is 1.50. The zero-order valence-corrected chi connectivity index (χ0v) is 12.4. The molecule has 4 nitrogen and oxygen atoms in total. The molecule has 1 aliphatic rings. The number of carbonyl (C=O) groups is 1. The van der Waals surface area contributed by atoms with E-state index in [4.69, 9.17) is 5.26 Å². The third kappa shape index (κ3) is 3.30. The van der Waals surface area contributed by atoms with E-state index < -0.39 is 11.3 Å². The quantitative estimate of drug-likeness (QED) is 0.784. The van der Waals surface area contributed by atoms with Gasteiger partial charge in [-0.1, -0.05) is 33.6 Å². The minimum atomic E-state index is -0.804. The fourth-order valence-corrected chi connectivity index (χ4v) is 3.24. The summed E-state index contributed by atoms with van der Waals surface area (Å²) in [6.45, 7) is 5.70. The summed E-state index contributed by atoms with van der Waals surface area (Å²) in [6, 6.07) is 4.16. The first-order valence-corrected chi connectivity index (χ1v) is 7.45. The molecular weight excluding hydrogens is 258 g/mol. The molecule has 0 bridgehead atoms. The van der Waals surface area contributed by atoms with Gasteiger partial charge in [0.2, 0.25) is 5.91 Å². The van der Waals surface area contributed by atoms with Crippen LogP contribution in [0.5, 0.6) is 0 Å². The minimum absolute atomic E-state index is 0.301. The number of unbranched alkanes of at least 4 members (excludes halogenated alkanes) is 2. The summed E-state index contributed by atoms with van der Waals surface area (Å²) in [7, 11) is 0. The van der Waals surface area contributed by atoms with Crippen molar-refractivity contribution in [2.24, 2.45) is 11.3 Å². The standard InChI is InChI=1S/C14H19N3OS/c1-4-5-6-7-19-13-11(9-16)14(2,3)10(8-15)12(18)17-13/h10H,4-7H2,1-3H3,(H,17,18). The van der Waals surface area contributed by atoms with Gasteiger partial charge in [-0.3, -0.25) is 4.79 Å². The Morgan fingerprint density at radius 2 is 2.05 bits per heavy atom. The zero-order chi connectivity index (χ0) is 14.5. The number of amides is 1. The highest BCUT2D eigenvalue weighted by atomic mass is 32.2. The number of hydrogen-bond donors (Lipinski definition) is 1. The van der Waals surface area contributed by atoms with Crippen LogP contribution < -0.4 is 5.32 Å². The number of hydrogen-bond acceptors (Lipinski definition) is 4. The number of nitriles is 2. The highest BCUT2D eigenvalue weighted by molar-refractivity contribution is 8.03. The molecule has 5 heteroatoms. The van der Waals surface area contributed by atoms with Gasteiger partial charge in [-0.15, -0.1) is 11.8 Å². The molecule has 0 radical (unpaired) electrons. The third-order valence-corrected chi connectivity index (χ3v) is 4.41. The molecule has 0 aliphatic carbocycles. The molecule has 102 valence electrons. The van der Waals surface area contributed by atoms with Gasteiger partial charge in [-0.2, -0.15) is 10.5 Å². The Morgan fingerprint density at radius 1 is 1.37 bits per heavy atom. The van der Waals surface area contributed by atoms with Crippen molar-refractivity contribution in [3.63, 3.8) is 0 Å². The van der Waals surface area contributed by atoms with Crippen LogP contribution in [0.4, 0.5) is 0 Å². The molecule has 1 N–H and O–H groups in total. The van der Waals surface area contributed by atoms with Crippen LogP contribution in [0.3, 0.4) is 0 Å². The molecule has 0 fully saturated rings. The Kier molecular flexibility index (Phi) is 5.44. The highest BCUT2D eigenvalue weighted by Gasteiger charge is 2.44. The van der Waals surface area contributed by atoms with Crippen LogP contribution in [0.1, 0.15) is 40.0 Å². The highest BCUT2D eigenvalue weighted by Crippen LogP contribution is 2.41. The van der Waals surface area contributed by atoms with Crippen LogP contribution in [0.2, 0.25) is 0 Å². The van der Waals surface area contributed by atoms with E-state index in [1.807, 2.05) is 6.07 Å². The Balaban J connectivity index is 2.94. The molecule has 0 saturated carbocycles. The van der Waals surface area contributed by atoms with Crippen molar-refractivity contribution in [3.8, 4) is 12.1 Å². The maximum absolute atomic E-state index is 11.9. The second-order valence-electron chi connectivity index (χ2n) is 5.14. The van der Waals surface area contributed by atoms with Crippen molar-refractivity contribution in [2.45, 2.75) is 40.0 Å². The summed E-state index contributed by atoms with van der Waals surface area (Å²) in [5.74, 6) is -0.228. The van der Waals surface area contributed by atoms with Crippen molar-refractivity contribution < 1.29 is 4.79 Å². The average Bonchev–Trinajstić information content (AvgIpc) is 2.34. The number of allylic oxidation sites excluding steroid dienone is 1. The van der Waals surface area contributed by atoms with Gasteiger partial charge in [0.05, 0.1) is 22.7 Å². The SMILES string of the molecule is CCCCCSC1=C(C#N)C(C)(C)C(C#N)C(=O)N1. The van der Waals surface area contributed by atoms with Crippen LogP contribution in [0.25, 0.3) is 0 Å². The van der Waals surface area contributed by atoms with Crippen molar-refractivity contribution in [3.05, 3.63) is 10.6 Å². The van der Waals surface area contributed by atoms with E-state index in [1.165, 1.54) is 11.8 Å². The predicted molar refractivity (Wildman–Crippen MR) is 75.6 cm³/mol. The van der Waals surface area contributed by atoms with Gasteiger partial charge >= 0.3 is 0 Å². The zero-order valence-electron chi connectivity index (χ0n) is 11.6. The number of carbonyl (C=O) groups excluding carboxylic acids is 1. The lowest BCUT2D eigenvalue weighted by Gasteiger charge is -2.34. The smallest absolute Gasteiger partial charge is 0.243 e. The van der Waals surface area contributed by atoms with Crippen molar-refractivity contribution in [1.82, 2.24) is 5.32 Å². The van der Waals surface area contributed by atoms with E-state index in [1.54, 1.807) is 13.8 Å². The summed E-state index contributed by atoms with van der Waals surface area (Å²) < 4.78 is 0. The van der Waals surface area contributed by atoms with E-state index in [2.05, 4.69) is 18.3 Å². The molecule has 0 aromatic rings. The molecule has 0 aromatic carbocycles. The average molecular weight is 277 g/mol. The normalized spacial score (nSPS) is 21.5. The minimum Gasteiger partial charge on any atom is -0.319 e. The molecule has 1 rings (SSSR count). The van der Waals surface area contributed by atoms with Crippen LogP contribution in [0, 0.1) is 34.0 Å². The van der Waals surface area contributed by atoms with Crippen LogP contribution >= 0.6 is 11.8 Å². The lowest BCUT2D eigenvalue weighted by atomic mass is 9.72. The van der Waals surface area contributed by atoms with Crippen LogP contribution in [-0.2, 0) is 4.79 Å². The number of thioether (sulfide) groups is 1. The van der Waals surface area contributed by atoms with Gasteiger partial charge in [0, 0.05) is 5.41 Å². The van der Waals surface area contributed by atoms with Gasteiger partial charge in [-0.05, 0) is 12.2 Å². The lowest BCUT2D eigenvalue weighted by Crippen LogP contribution is -2.44. The summed E-state index contributed by atoms with van der Waals surface area (Å²) in [4.78, 5) is 11.9. The monoisotopic (exact) mass is 277 g/mol. The largest absolute Gasteiger partial charge is 0.319 e. The topological polar surface area (TPSA) is 76.7 Å². The molecule has 1 heterocycles. The van der Waals surface area contributed by atoms with E-state index in [-0.39, 0.29) is 5.91 Å². The second kappa shape index (κ2) is 6.63. The maximum atomic E-state index is 11.9. The molecule has 0 saturated heterocycles. The van der Waals surface area contributed by atoms with Crippen LogP contribution in [-0.4, -0.2) is 11.7 Å².